The molecular weight excluding hydrogens is 244 g/mol. The molecule has 0 aromatic heterocycles. The van der Waals surface area contributed by atoms with Gasteiger partial charge in [0.25, 0.3) is 0 Å². The molecule has 1 atom stereocenters. The van der Waals surface area contributed by atoms with Crippen LogP contribution in [0, 0.1) is 5.92 Å². The molecule has 0 bridgehead atoms. The monoisotopic (exact) mass is 274 g/mol. The van der Waals surface area contributed by atoms with Gasteiger partial charge in [-0.05, 0) is 36.6 Å². The molecule has 20 heavy (non-hydrogen) atoms. The van der Waals surface area contributed by atoms with Crippen molar-refractivity contribution >= 4 is 5.69 Å². The molecule has 0 heterocycles. The molecule has 1 fully saturated rings. The van der Waals surface area contributed by atoms with Crippen molar-refractivity contribution in [3.8, 4) is 0 Å². The average Bonchev–Trinajstić information content (AvgIpc) is 2.48. The standard InChI is InChI=1S/C18H30N2/c1-4-19-18(14-15-8-6-5-7-9-15)16-10-12-17(13-11-16)20(2)3/h10-13,15,18-19H,4-9,14H2,1-3H3. The average molecular weight is 274 g/mol. The Labute approximate surface area is 124 Å². The second kappa shape index (κ2) is 7.68. The molecule has 1 saturated carbocycles. The van der Waals surface area contributed by atoms with Crippen molar-refractivity contribution in [2.45, 2.75) is 51.5 Å². The van der Waals surface area contributed by atoms with E-state index in [0.717, 1.165) is 12.5 Å². The second-order valence-electron chi connectivity index (χ2n) is 6.34. The second-order valence-corrected chi connectivity index (χ2v) is 6.34. The van der Waals surface area contributed by atoms with Crippen molar-refractivity contribution < 1.29 is 0 Å². The number of hydrogen-bond donors (Lipinski definition) is 1. The van der Waals surface area contributed by atoms with Crippen molar-refractivity contribution in [1.82, 2.24) is 5.32 Å². The molecule has 2 heteroatoms. The molecule has 112 valence electrons. The van der Waals surface area contributed by atoms with Crippen molar-refractivity contribution in [1.29, 1.82) is 0 Å². The number of nitrogens with zero attached hydrogens (tertiary/aromatic N) is 1. The summed E-state index contributed by atoms with van der Waals surface area (Å²) in [5.74, 6) is 0.918. The smallest absolute Gasteiger partial charge is 0.0361 e. The maximum absolute atomic E-state index is 3.68. The van der Waals surface area contributed by atoms with Crippen LogP contribution in [0.5, 0.6) is 0 Å². The molecule has 1 aromatic rings. The first kappa shape index (κ1) is 15.4. The summed E-state index contributed by atoms with van der Waals surface area (Å²) in [6, 6.07) is 9.59. The minimum absolute atomic E-state index is 0.527. The molecule has 0 spiro atoms. The van der Waals surface area contributed by atoms with Crippen LogP contribution >= 0.6 is 0 Å². The van der Waals surface area contributed by atoms with E-state index in [0.29, 0.717) is 6.04 Å². The zero-order chi connectivity index (χ0) is 14.4. The fourth-order valence-corrected chi connectivity index (χ4v) is 3.34. The molecule has 1 aliphatic rings. The third-order valence-corrected chi connectivity index (χ3v) is 4.56. The van der Waals surface area contributed by atoms with Gasteiger partial charge in [0.15, 0.2) is 0 Å². The van der Waals surface area contributed by atoms with Crippen LogP contribution in [0.3, 0.4) is 0 Å². The Kier molecular flexibility index (Phi) is 5.90. The zero-order valence-corrected chi connectivity index (χ0v) is 13.4. The van der Waals surface area contributed by atoms with E-state index >= 15 is 0 Å². The van der Waals surface area contributed by atoms with Gasteiger partial charge in [-0.25, -0.2) is 0 Å². The number of rotatable bonds is 6. The van der Waals surface area contributed by atoms with Crippen LogP contribution in [0.2, 0.25) is 0 Å². The summed E-state index contributed by atoms with van der Waals surface area (Å²) < 4.78 is 0. The Morgan fingerprint density at radius 2 is 1.75 bits per heavy atom. The Morgan fingerprint density at radius 1 is 1.10 bits per heavy atom. The summed E-state index contributed by atoms with van der Waals surface area (Å²) in [6.07, 6.45) is 8.47. The van der Waals surface area contributed by atoms with Crippen LogP contribution in [-0.4, -0.2) is 20.6 Å². The van der Waals surface area contributed by atoms with Crippen LogP contribution < -0.4 is 10.2 Å². The maximum Gasteiger partial charge on any atom is 0.0361 e. The van der Waals surface area contributed by atoms with Crippen LogP contribution in [0.4, 0.5) is 5.69 Å². The van der Waals surface area contributed by atoms with E-state index in [9.17, 15) is 0 Å². The van der Waals surface area contributed by atoms with Crippen molar-refractivity contribution in [2.75, 3.05) is 25.5 Å². The quantitative estimate of drug-likeness (QED) is 0.828. The molecule has 0 amide bonds. The van der Waals surface area contributed by atoms with Crippen LogP contribution in [-0.2, 0) is 0 Å². The van der Waals surface area contributed by atoms with Gasteiger partial charge in [0.2, 0.25) is 0 Å². The van der Waals surface area contributed by atoms with Gasteiger partial charge in [0, 0.05) is 25.8 Å². The molecule has 2 nitrogen and oxygen atoms in total. The lowest BCUT2D eigenvalue weighted by atomic mass is 9.83. The van der Waals surface area contributed by atoms with Crippen molar-refractivity contribution in [3.05, 3.63) is 29.8 Å². The lowest BCUT2D eigenvalue weighted by Gasteiger charge is -2.27. The van der Waals surface area contributed by atoms with Crippen molar-refractivity contribution in [2.24, 2.45) is 5.92 Å². The summed E-state index contributed by atoms with van der Waals surface area (Å²) in [6.45, 7) is 3.26. The zero-order valence-electron chi connectivity index (χ0n) is 13.4. The number of nitrogens with one attached hydrogen (secondary N) is 1. The first-order chi connectivity index (χ1) is 9.70. The van der Waals surface area contributed by atoms with E-state index in [1.165, 1.54) is 49.8 Å². The summed E-state index contributed by atoms with van der Waals surface area (Å²) >= 11 is 0. The van der Waals surface area contributed by atoms with E-state index in [1.54, 1.807) is 0 Å². The molecule has 1 aliphatic carbocycles. The predicted octanol–water partition coefficient (Wildman–Crippen LogP) is 4.37. The summed E-state index contributed by atoms with van der Waals surface area (Å²) in [5, 5.41) is 3.68. The van der Waals surface area contributed by atoms with Gasteiger partial charge in [-0.15, -0.1) is 0 Å². The highest BCUT2D eigenvalue weighted by Crippen LogP contribution is 2.32. The van der Waals surface area contributed by atoms with Gasteiger partial charge in [-0.3, -0.25) is 0 Å². The summed E-state index contributed by atoms with van der Waals surface area (Å²) in [7, 11) is 4.19. The number of benzene rings is 1. The third kappa shape index (κ3) is 4.24. The van der Waals surface area contributed by atoms with Crippen LogP contribution in [0.25, 0.3) is 0 Å². The van der Waals surface area contributed by atoms with E-state index in [4.69, 9.17) is 0 Å². The van der Waals surface area contributed by atoms with E-state index in [-0.39, 0.29) is 0 Å². The van der Waals surface area contributed by atoms with Crippen LogP contribution in [0.1, 0.15) is 57.1 Å². The van der Waals surface area contributed by atoms with Gasteiger partial charge in [0.05, 0.1) is 0 Å². The molecular formula is C18H30N2. The molecule has 2 rings (SSSR count). The van der Waals surface area contributed by atoms with Crippen LogP contribution in [0.15, 0.2) is 24.3 Å². The normalized spacial score (nSPS) is 17.9. The lowest BCUT2D eigenvalue weighted by Crippen LogP contribution is -2.24. The first-order valence-corrected chi connectivity index (χ1v) is 8.21. The van der Waals surface area contributed by atoms with Gasteiger partial charge < -0.3 is 10.2 Å². The Balaban J connectivity index is 2.02. The highest BCUT2D eigenvalue weighted by molar-refractivity contribution is 5.46. The third-order valence-electron chi connectivity index (χ3n) is 4.56. The fourth-order valence-electron chi connectivity index (χ4n) is 3.34. The minimum Gasteiger partial charge on any atom is -0.378 e. The predicted molar refractivity (Wildman–Crippen MR) is 88.4 cm³/mol. The Bertz CT molecular complexity index is 377. The number of anilines is 1. The molecule has 1 N–H and O–H groups in total. The van der Waals surface area contributed by atoms with Gasteiger partial charge in [-0.1, -0.05) is 51.2 Å². The largest absolute Gasteiger partial charge is 0.378 e. The Hall–Kier alpha value is -1.02. The summed E-state index contributed by atoms with van der Waals surface area (Å²) in [4.78, 5) is 2.16. The molecule has 1 unspecified atom stereocenters. The molecule has 0 saturated heterocycles. The molecule has 0 radical (unpaired) electrons. The van der Waals surface area contributed by atoms with Crippen molar-refractivity contribution in [3.63, 3.8) is 0 Å². The van der Waals surface area contributed by atoms with E-state index < -0.39 is 0 Å². The van der Waals surface area contributed by atoms with Gasteiger partial charge >= 0.3 is 0 Å². The van der Waals surface area contributed by atoms with E-state index in [1.807, 2.05) is 0 Å². The van der Waals surface area contributed by atoms with Gasteiger partial charge in [-0.2, -0.15) is 0 Å². The highest BCUT2D eigenvalue weighted by Gasteiger charge is 2.19. The molecule has 0 aliphatic heterocycles. The van der Waals surface area contributed by atoms with Gasteiger partial charge in [0.1, 0.15) is 0 Å². The number of hydrogen-bond acceptors (Lipinski definition) is 2. The fraction of sp³-hybridized carbons (Fsp3) is 0.667. The highest BCUT2D eigenvalue weighted by atomic mass is 15.1. The minimum atomic E-state index is 0.527. The lowest BCUT2D eigenvalue weighted by molar-refractivity contribution is 0.301. The summed E-state index contributed by atoms with van der Waals surface area (Å²) in [5.41, 5.74) is 2.73. The molecule has 1 aromatic carbocycles. The topological polar surface area (TPSA) is 15.3 Å². The SMILES string of the molecule is CCNC(CC1CCCCC1)c1ccc(N(C)C)cc1. The maximum atomic E-state index is 3.68. The Morgan fingerprint density at radius 3 is 2.30 bits per heavy atom. The first-order valence-electron chi connectivity index (χ1n) is 8.21. The van der Waals surface area contributed by atoms with E-state index in [2.05, 4.69) is 55.5 Å².